The fraction of sp³-hybridized carbons (Fsp3) is 0.250. The molecule has 0 atom stereocenters. The molecule has 2 rings (SSSR count). The van der Waals surface area contributed by atoms with E-state index in [0.717, 1.165) is 28.0 Å². The minimum Gasteiger partial charge on any atom is -0.488 e. The Morgan fingerprint density at radius 3 is 2.87 bits per heavy atom. The molecular formula is C20H22O3. The van der Waals surface area contributed by atoms with Gasteiger partial charge in [-0.25, -0.2) is 4.79 Å². The number of carbonyl (C=O) groups is 1. The van der Waals surface area contributed by atoms with Crippen LogP contribution in [0.5, 0.6) is 5.75 Å². The van der Waals surface area contributed by atoms with Gasteiger partial charge >= 0.3 is 5.97 Å². The van der Waals surface area contributed by atoms with Crippen LogP contribution in [0.4, 0.5) is 0 Å². The minimum atomic E-state index is -0.310. The molecule has 0 spiro atoms. The van der Waals surface area contributed by atoms with Gasteiger partial charge in [-0.2, -0.15) is 0 Å². The molecule has 0 fully saturated rings. The van der Waals surface area contributed by atoms with Crippen molar-refractivity contribution in [1.29, 1.82) is 0 Å². The highest BCUT2D eigenvalue weighted by Crippen LogP contribution is 2.28. The molecule has 1 heterocycles. The van der Waals surface area contributed by atoms with Crippen LogP contribution >= 0.6 is 0 Å². The van der Waals surface area contributed by atoms with Crippen molar-refractivity contribution in [3.8, 4) is 5.75 Å². The van der Waals surface area contributed by atoms with Gasteiger partial charge in [0.15, 0.2) is 0 Å². The van der Waals surface area contributed by atoms with E-state index in [1.54, 1.807) is 6.92 Å². The number of hydrogen-bond acceptors (Lipinski definition) is 3. The Kier molecular flexibility index (Phi) is 5.98. The lowest BCUT2D eigenvalue weighted by Crippen LogP contribution is -2.07. The van der Waals surface area contributed by atoms with Gasteiger partial charge in [0.1, 0.15) is 12.4 Å². The molecule has 0 unspecified atom stereocenters. The number of benzene rings is 1. The van der Waals surface area contributed by atoms with E-state index in [9.17, 15) is 4.79 Å². The van der Waals surface area contributed by atoms with Crippen LogP contribution in [0, 0.1) is 0 Å². The maximum Gasteiger partial charge on any atom is 0.330 e. The summed E-state index contributed by atoms with van der Waals surface area (Å²) in [6.45, 7) is 6.68. The van der Waals surface area contributed by atoms with Crippen LogP contribution in [-0.4, -0.2) is 19.2 Å². The van der Waals surface area contributed by atoms with Gasteiger partial charge in [-0.3, -0.25) is 0 Å². The van der Waals surface area contributed by atoms with Gasteiger partial charge in [-0.1, -0.05) is 36.4 Å². The van der Waals surface area contributed by atoms with Gasteiger partial charge in [0.25, 0.3) is 0 Å². The molecule has 23 heavy (non-hydrogen) atoms. The first-order valence-electron chi connectivity index (χ1n) is 7.73. The Balaban J connectivity index is 2.05. The van der Waals surface area contributed by atoms with Crippen molar-refractivity contribution in [2.45, 2.75) is 20.8 Å². The molecule has 3 nitrogen and oxygen atoms in total. The number of esters is 1. The van der Waals surface area contributed by atoms with E-state index in [2.05, 4.69) is 13.0 Å². The molecule has 0 aromatic heterocycles. The predicted octanol–water partition coefficient (Wildman–Crippen LogP) is 4.47. The average molecular weight is 310 g/mol. The predicted molar refractivity (Wildman–Crippen MR) is 93.2 cm³/mol. The monoisotopic (exact) mass is 310 g/mol. The van der Waals surface area contributed by atoms with Crippen LogP contribution in [0.1, 0.15) is 26.3 Å². The highest BCUT2D eigenvalue weighted by molar-refractivity contribution is 5.83. The van der Waals surface area contributed by atoms with Crippen LogP contribution in [0.3, 0.4) is 0 Å². The fourth-order valence-electron chi connectivity index (χ4n) is 2.21. The van der Waals surface area contributed by atoms with E-state index in [-0.39, 0.29) is 5.97 Å². The van der Waals surface area contributed by atoms with Crippen molar-refractivity contribution in [3.63, 3.8) is 0 Å². The summed E-state index contributed by atoms with van der Waals surface area (Å²) in [7, 11) is 0. The molecule has 120 valence electrons. The van der Waals surface area contributed by atoms with Crippen molar-refractivity contribution in [1.82, 2.24) is 0 Å². The third-order valence-corrected chi connectivity index (χ3v) is 3.48. The van der Waals surface area contributed by atoms with E-state index >= 15 is 0 Å². The van der Waals surface area contributed by atoms with Crippen LogP contribution in [0.2, 0.25) is 0 Å². The Hall–Kier alpha value is -2.55. The van der Waals surface area contributed by atoms with E-state index < -0.39 is 0 Å². The zero-order chi connectivity index (χ0) is 16.7. The van der Waals surface area contributed by atoms with Crippen LogP contribution in [0.15, 0.2) is 65.3 Å². The topological polar surface area (TPSA) is 35.5 Å². The number of para-hydroxylation sites is 1. The number of hydrogen-bond donors (Lipinski definition) is 0. The van der Waals surface area contributed by atoms with Crippen molar-refractivity contribution >= 4 is 12.0 Å². The van der Waals surface area contributed by atoms with Gasteiger partial charge in [0.05, 0.1) is 6.61 Å². The Morgan fingerprint density at radius 2 is 2.09 bits per heavy atom. The summed E-state index contributed by atoms with van der Waals surface area (Å²) >= 11 is 0. The van der Waals surface area contributed by atoms with Crippen molar-refractivity contribution in [3.05, 3.63) is 70.9 Å². The Labute approximate surface area is 137 Å². The van der Waals surface area contributed by atoms with Gasteiger partial charge in [0, 0.05) is 11.6 Å². The normalized spacial score (nSPS) is 15.0. The first-order chi connectivity index (χ1) is 11.1. The molecule has 0 saturated heterocycles. The first kappa shape index (κ1) is 16.8. The van der Waals surface area contributed by atoms with E-state index in [0.29, 0.717) is 13.2 Å². The van der Waals surface area contributed by atoms with Crippen molar-refractivity contribution in [2.24, 2.45) is 0 Å². The summed E-state index contributed by atoms with van der Waals surface area (Å²) in [6, 6.07) is 8.00. The zero-order valence-electron chi connectivity index (χ0n) is 13.8. The third-order valence-electron chi connectivity index (χ3n) is 3.48. The second-order valence-electron chi connectivity index (χ2n) is 5.35. The lowest BCUT2D eigenvalue weighted by atomic mass is 10.0. The highest BCUT2D eigenvalue weighted by Gasteiger charge is 2.11. The molecule has 0 N–H and O–H groups in total. The molecule has 1 aromatic rings. The van der Waals surface area contributed by atoms with Gasteiger partial charge in [-0.15, -0.1) is 0 Å². The second kappa shape index (κ2) is 8.18. The van der Waals surface area contributed by atoms with Gasteiger partial charge < -0.3 is 9.47 Å². The third kappa shape index (κ3) is 4.99. The lowest BCUT2D eigenvalue weighted by Gasteiger charge is -2.18. The summed E-state index contributed by atoms with van der Waals surface area (Å²) in [5, 5.41) is 0. The van der Waals surface area contributed by atoms with Crippen molar-refractivity contribution < 1.29 is 14.3 Å². The quantitative estimate of drug-likeness (QED) is 0.457. The maximum atomic E-state index is 11.3. The molecule has 1 aliphatic rings. The maximum absolute atomic E-state index is 11.3. The largest absolute Gasteiger partial charge is 0.488 e. The molecule has 0 aliphatic carbocycles. The van der Waals surface area contributed by atoms with E-state index in [4.69, 9.17) is 9.47 Å². The van der Waals surface area contributed by atoms with E-state index in [1.165, 1.54) is 6.08 Å². The number of carbonyl (C=O) groups excluding carboxylic acids is 1. The molecular weight excluding hydrogens is 288 g/mol. The fourth-order valence-corrected chi connectivity index (χ4v) is 2.21. The van der Waals surface area contributed by atoms with Gasteiger partial charge in [-0.05, 0) is 49.6 Å². The van der Waals surface area contributed by atoms with Crippen molar-refractivity contribution in [2.75, 3.05) is 13.2 Å². The van der Waals surface area contributed by atoms with Crippen LogP contribution < -0.4 is 4.74 Å². The summed E-state index contributed by atoms with van der Waals surface area (Å²) in [4.78, 5) is 11.3. The smallest absolute Gasteiger partial charge is 0.330 e. The first-order valence-corrected chi connectivity index (χ1v) is 7.73. The van der Waals surface area contributed by atoms with Gasteiger partial charge in [0.2, 0.25) is 0 Å². The molecule has 1 aliphatic heterocycles. The molecule has 1 aromatic carbocycles. The lowest BCUT2D eigenvalue weighted by molar-refractivity contribution is -0.137. The summed E-state index contributed by atoms with van der Waals surface area (Å²) < 4.78 is 10.6. The summed E-state index contributed by atoms with van der Waals surface area (Å²) in [6.07, 6.45) is 9.48. The Bertz CT molecular complexity index is 691. The highest BCUT2D eigenvalue weighted by atomic mass is 16.5. The van der Waals surface area contributed by atoms with Crippen LogP contribution in [0.25, 0.3) is 6.08 Å². The molecule has 0 amide bonds. The number of ether oxygens (including phenoxy) is 2. The summed E-state index contributed by atoms with van der Waals surface area (Å²) in [5.74, 6) is 0.614. The Morgan fingerprint density at radius 1 is 1.30 bits per heavy atom. The zero-order valence-corrected chi connectivity index (χ0v) is 13.8. The minimum absolute atomic E-state index is 0.310. The second-order valence-corrected chi connectivity index (χ2v) is 5.35. The summed E-state index contributed by atoms with van der Waals surface area (Å²) in [5.41, 5.74) is 4.25. The standard InChI is InChI=1S/C20H22O3/c1-4-22-20(21)12-15(2)8-7-9-16(3)18-13-17-10-5-6-11-19(17)23-14-18/h5-13H,4,14H2,1-3H3/b8-7+,15-12+,16-9-. The average Bonchev–Trinajstić information content (AvgIpc) is 2.54. The molecule has 3 heteroatoms. The number of fused-ring (bicyclic) bond motifs is 1. The molecule has 0 radical (unpaired) electrons. The molecule has 0 bridgehead atoms. The number of allylic oxidation sites excluding steroid dienone is 4. The van der Waals surface area contributed by atoms with Crippen LogP contribution in [-0.2, 0) is 9.53 Å². The molecule has 0 saturated carbocycles. The number of rotatable bonds is 5. The SMILES string of the molecule is CCOC(=O)/C=C(C)/C=C/C=C(/C)C1=Cc2ccccc2OC1. The van der Waals surface area contributed by atoms with E-state index in [1.807, 2.05) is 49.4 Å².